The maximum Gasteiger partial charge on any atom is 0.0267 e. The third-order valence-electron chi connectivity index (χ3n) is 2.27. The standard InChI is InChI=1S/4C5H5N.8CH3O.8Mo.16O/c4*1-2-4-6-5-3-1;8*1-2;;;;;;;;;;;;;;;;;;;;;;;;/h4*1-5H;8*1H3;;;;;;;;;;;;;;;;;;;;;;;;/q;;;;8*-1;;;;;;;;;16*-2. The molecule has 4 aromatic rings. The van der Waals surface area contributed by atoms with Gasteiger partial charge in [-0.15, -0.1) is 0 Å². The Morgan fingerprint density at radius 1 is 0.156 bits per heavy atom. The van der Waals surface area contributed by atoms with Gasteiger partial charge in [-0.1, -0.05) is 24.3 Å². The second-order valence-electron chi connectivity index (χ2n) is 4.10. The molecule has 0 aliphatic carbocycles. The quantitative estimate of drug-likeness (QED) is 0.149. The van der Waals surface area contributed by atoms with E-state index in [9.17, 15) is 0 Å². The van der Waals surface area contributed by atoms with Gasteiger partial charge in [0.1, 0.15) is 0 Å². The largest absolute Gasteiger partial charge is 2.00 e. The first-order chi connectivity index (χ1) is 20.0. The number of aromatic nitrogens is 4. The molecule has 0 saturated carbocycles. The van der Waals surface area contributed by atoms with Crippen LogP contribution < -0.4 is 40.9 Å². The van der Waals surface area contributed by atoms with Crippen LogP contribution in [0, 0.1) is 0 Å². The zero-order valence-electron chi connectivity index (χ0n) is 34.4. The molecule has 0 unspecified atom stereocenters. The van der Waals surface area contributed by atoms with Gasteiger partial charge in [0.15, 0.2) is 0 Å². The van der Waals surface area contributed by atoms with Crippen molar-refractivity contribution in [3.63, 3.8) is 0 Å². The molecule has 0 bridgehead atoms. The summed E-state index contributed by atoms with van der Waals surface area (Å²) in [5, 5.41) is 66.0. The normalized spacial score (nSPS) is 3.75. The maximum absolute atomic E-state index is 8.25. The van der Waals surface area contributed by atoms with Gasteiger partial charge < -0.3 is 128 Å². The van der Waals surface area contributed by atoms with E-state index in [-0.39, 0.29) is 256 Å². The zero-order chi connectivity index (χ0) is 33.0. The third-order valence-corrected chi connectivity index (χ3v) is 2.27. The first kappa shape index (κ1) is 244. The summed E-state index contributed by atoms with van der Waals surface area (Å²) in [6, 6.07) is 22.9. The SMILES string of the molecule is C[O-].C[O-].C[O-].C[O-].C[O-].C[O-].C[O-].C[O-].[Mo].[Mo].[Mo].[Mo].[Mo].[Mo].[Mo].[Mo].[O-2].[O-2].[O-2].[O-2].[O-2].[O-2].[O-2].[O-2].[O-2].[O-2].[O-2].[O-2].[O-2].[O-2].[O-2].[O-2].c1ccncc1.c1ccncc1.c1ccncc1.c1ccncc1. The van der Waals surface area contributed by atoms with Gasteiger partial charge in [-0.3, -0.25) is 19.9 Å². The van der Waals surface area contributed by atoms with Crippen molar-refractivity contribution < 1.29 is 297 Å². The first-order valence-corrected chi connectivity index (χ1v) is 10.7. The van der Waals surface area contributed by atoms with E-state index in [1.807, 2.05) is 72.8 Å². The minimum atomic E-state index is 0. The molecule has 0 atom stereocenters. The van der Waals surface area contributed by atoms with E-state index in [2.05, 4.69) is 19.9 Å². The van der Waals surface area contributed by atoms with E-state index in [4.69, 9.17) is 40.9 Å². The molecule has 0 aliphatic heterocycles. The Morgan fingerprint density at radius 2 is 0.219 bits per heavy atom. The van der Waals surface area contributed by atoms with Crippen molar-refractivity contribution in [2.75, 3.05) is 56.9 Å². The van der Waals surface area contributed by atoms with Crippen molar-refractivity contribution in [2.24, 2.45) is 0 Å². The summed E-state index contributed by atoms with van der Waals surface area (Å²) in [7, 11) is 6.00. The molecule has 36 heteroatoms. The summed E-state index contributed by atoms with van der Waals surface area (Å²) < 4.78 is 0. The Labute approximate surface area is 491 Å². The van der Waals surface area contributed by atoms with Crippen molar-refractivity contribution in [3.05, 3.63) is 122 Å². The van der Waals surface area contributed by atoms with Crippen molar-refractivity contribution >= 4 is 0 Å². The molecule has 0 fully saturated rings. The minimum Gasteiger partial charge on any atom is -2.00 e. The average Bonchev–Trinajstić information content (AvgIpc) is 3.15. The van der Waals surface area contributed by atoms with Gasteiger partial charge in [-0.25, -0.2) is 0 Å². The summed E-state index contributed by atoms with van der Waals surface area (Å²) in [5.74, 6) is 0. The molecule has 0 saturated heterocycles. The molecular weight excluding hydrogens is 1540 g/mol. The van der Waals surface area contributed by atoms with Crippen LogP contribution in [-0.2, 0) is 256 Å². The van der Waals surface area contributed by atoms with E-state index in [1.165, 1.54) is 0 Å². The van der Waals surface area contributed by atoms with E-state index in [0.717, 1.165) is 56.9 Å². The molecule has 4 rings (SSSR count). The molecule has 4 aromatic heterocycles. The van der Waals surface area contributed by atoms with Gasteiger partial charge in [-0.2, -0.15) is 56.9 Å². The molecule has 4 heterocycles. The predicted octanol–water partition coefficient (Wildman–Crippen LogP) is -5.78. The molecule has 0 N–H and O–H groups in total. The van der Waals surface area contributed by atoms with Crippen molar-refractivity contribution in [1.82, 2.24) is 19.9 Å². The fraction of sp³-hybridized carbons (Fsp3) is 0.286. The van der Waals surface area contributed by atoms with Crippen LogP contribution in [0.2, 0.25) is 0 Å². The van der Waals surface area contributed by atoms with E-state index in [0.29, 0.717) is 0 Å². The Kier molecular flexibility index (Phi) is 1540. The third kappa shape index (κ3) is 386. The van der Waals surface area contributed by atoms with Crippen molar-refractivity contribution in [1.29, 1.82) is 0 Å². The van der Waals surface area contributed by atoms with Crippen LogP contribution in [0.3, 0.4) is 0 Å². The summed E-state index contributed by atoms with van der Waals surface area (Å²) >= 11 is 0. The van der Waals surface area contributed by atoms with Crippen LogP contribution in [0.15, 0.2) is 122 Å². The number of hydrogen-bond acceptors (Lipinski definition) is 12. The van der Waals surface area contributed by atoms with Gasteiger partial charge in [0.2, 0.25) is 0 Å². The van der Waals surface area contributed by atoms with Gasteiger partial charge in [0.05, 0.1) is 0 Å². The predicted molar refractivity (Wildman–Crippen MR) is 155 cm³/mol. The van der Waals surface area contributed by atoms with E-state index >= 15 is 0 Å². The maximum atomic E-state index is 8.25. The summed E-state index contributed by atoms with van der Waals surface area (Å²) in [5.41, 5.74) is 0. The van der Waals surface area contributed by atoms with E-state index in [1.54, 1.807) is 49.6 Å². The van der Waals surface area contributed by atoms with Crippen molar-refractivity contribution in [2.45, 2.75) is 0 Å². The van der Waals surface area contributed by atoms with Crippen LogP contribution >= 0.6 is 0 Å². The molecule has 0 amide bonds. The van der Waals surface area contributed by atoms with Gasteiger partial charge in [0.25, 0.3) is 0 Å². The molecule has 0 radical (unpaired) electrons. The number of nitrogens with zero attached hydrogens (tertiary/aromatic N) is 4. The van der Waals surface area contributed by atoms with Gasteiger partial charge in [-0.05, 0) is 48.5 Å². The zero-order valence-corrected chi connectivity index (χ0v) is 50.5. The summed E-state index contributed by atoms with van der Waals surface area (Å²) in [4.78, 5) is 15.1. The Bertz CT molecular complexity index is 521. The fourth-order valence-corrected chi connectivity index (χ4v) is 1.25. The monoisotopic (exact) mass is 1600 g/mol. The molecule has 64 heavy (non-hydrogen) atoms. The Balaban J connectivity index is -0.00000000579. The Hall–Kier alpha value is 1.15. The smallest absolute Gasteiger partial charge is 0.0267 e. The molecule has 28 nitrogen and oxygen atoms in total. The minimum absolute atomic E-state index is 0. The second kappa shape index (κ2) is 404. The van der Waals surface area contributed by atoms with Crippen LogP contribution in [0.4, 0.5) is 0 Å². The topological polar surface area (TPSA) is 692 Å². The Morgan fingerprint density at radius 3 is 0.234 bits per heavy atom. The molecule has 408 valence electrons. The number of pyridine rings is 4. The second-order valence-corrected chi connectivity index (χ2v) is 4.10. The molecule has 0 aliphatic rings. The van der Waals surface area contributed by atoms with Crippen LogP contribution in [0.1, 0.15) is 0 Å². The number of hydrogen-bond donors (Lipinski definition) is 0. The summed E-state index contributed by atoms with van der Waals surface area (Å²) in [6.45, 7) is 0. The van der Waals surface area contributed by atoms with Gasteiger partial charge in [0, 0.05) is 218 Å². The van der Waals surface area contributed by atoms with Gasteiger partial charge >= 0.3 is 0 Å². The van der Waals surface area contributed by atoms with Crippen LogP contribution in [0.25, 0.3) is 0 Å². The molecule has 0 spiro atoms. The van der Waals surface area contributed by atoms with Crippen LogP contribution in [0.5, 0.6) is 0 Å². The van der Waals surface area contributed by atoms with Crippen molar-refractivity contribution in [3.8, 4) is 0 Å². The molecular formula is C28H44Mo8N4O24-40. The molecule has 0 aromatic carbocycles. The number of rotatable bonds is 0. The summed E-state index contributed by atoms with van der Waals surface area (Å²) in [6.07, 6.45) is 14.0. The first-order valence-electron chi connectivity index (χ1n) is 10.7. The fourth-order valence-electron chi connectivity index (χ4n) is 1.25. The average molecular weight is 1590 g/mol. The van der Waals surface area contributed by atoms with Crippen LogP contribution in [-0.4, -0.2) is 76.8 Å². The van der Waals surface area contributed by atoms with E-state index < -0.39 is 0 Å².